The van der Waals surface area contributed by atoms with Gasteiger partial charge >= 0.3 is 0 Å². The number of aryl methyl sites for hydroxylation is 1. The van der Waals surface area contributed by atoms with Crippen LogP contribution in [0.5, 0.6) is 0 Å². The van der Waals surface area contributed by atoms with Crippen LogP contribution in [0.1, 0.15) is 45.4 Å². The Bertz CT molecular complexity index is 350. The van der Waals surface area contributed by atoms with Crippen molar-refractivity contribution < 1.29 is 5.11 Å². The van der Waals surface area contributed by atoms with Crippen molar-refractivity contribution in [3.05, 3.63) is 16.9 Å². The summed E-state index contributed by atoms with van der Waals surface area (Å²) in [5.41, 5.74) is 0.755. The average Bonchev–Trinajstić information content (AvgIpc) is 2.72. The maximum atomic E-state index is 10.3. The van der Waals surface area contributed by atoms with Crippen LogP contribution in [0.3, 0.4) is 0 Å². The highest BCUT2D eigenvalue weighted by Gasteiger charge is 2.18. The molecular weight excluding hydrogens is 250 g/mol. The molecule has 4 nitrogen and oxygen atoms in total. The molecule has 0 radical (unpaired) electrons. The summed E-state index contributed by atoms with van der Waals surface area (Å²) >= 11 is 6.10. The van der Waals surface area contributed by atoms with E-state index in [1.807, 2.05) is 4.68 Å². The van der Waals surface area contributed by atoms with Crippen LogP contribution in [0.25, 0.3) is 0 Å². The number of aliphatic hydroxyl groups excluding tert-OH is 1. The van der Waals surface area contributed by atoms with Crippen LogP contribution in [0.4, 0.5) is 0 Å². The number of rotatable bonds is 8. The van der Waals surface area contributed by atoms with E-state index in [1.165, 1.54) is 0 Å². The summed E-state index contributed by atoms with van der Waals surface area (Å²) in [5, 5.41) is 15.0. The van der Waals surface area contributed by atoms with Crippen molar-refractivity contribution in [1.82, 2.24) is 14.7 Å². The van der Waals surface area contributed by atoms with Gasteiger partial charge in [-0.25, -0.2) is 0 Å². The molecule has 1 N–H and O–H groups in total. The molecule has 0 amide bonds. The van der Waals surface area contributed by atoms with Crippen molar-refractivity contribution in [2.24, 2.45) is 0 Å². The predicted octanol–water partition coefficient (Wildman–Crippen LogP) is 2.71. The molecule has 0 saturated carbocycles. The molecule has 0 aliphatic rings. The average molecular weight is 274 g/mol. The Balaban J connectivity index is 2.65. The Morgan fingerprint density at radius 3 is 2.61 bits per heavy atom. The van der Waals surface area contributed by atoms with Gasteiger partial charge < -0.3 is 10.0 Å². The number of aliphatic hydroxyl groups is 1. The van der Waals surface area contributed by atoms with E-state index in [2.05, 4.69) is 30.8 Å². The fourth-order valence-electron chi connectivity index (χ4n) is 2.07. The fraction of sp³-hybridized carbons (Fsp3) is 0.769. The maximum Gasteiger partial charge on any atom is 0.0984 e. The molecule has 0 spiro atoms. The van der Waals surface area contributed by atoms with Crippen LogP contribution in [-0.2, 0) is 6.54 Å². The molecule has 0 aromatic carbocycles. The van der Waals surface area contributed by atoms with Gasteiger partial charge in [-0.1, -0.05) is 32.4 Å². The molecule has 104 valence electrons. The van der Waals surface area contributed by atoms with E-state index in [-0.39, 0.29) is 0 Å². The molecule has 1 aromatic rings. The molecule has 0 aliphatic carbocycles. The number of halogens is 1. The second-order valence-electron chi connectivity index (χ2n) is 4.43. The smallest absolute Gasteiger partial charge is 0.0984 e. The largest absolute Gasteiger partial charge is 0.387 e. The number of nitrogens with zero attached hydrogens (tertiary/aromatic N) is 3. The van der Waals surface area contributed by atoms with Crippen molar-refractivity contribution in [2.45, 2.75) is 46.3 Å². The van der Waals surface area contributed by atoms with E-state index < -0.39 is 6.10 Å². The minimum absolute atomic E-state index is 0.535. The van der Waals surface area contributed by atoms with Gasteiger partial charge in [0, 0.05) is 13.1 Å². The third kappa shape index (κ3) is 3.97. The molecule has 1 unspecified atom stereocenters. The highest BCUT2D eigenvalue weighted by molar-refractivity contribution is 6.31. The third-order valence-electron chi connectivity index (χ3n) is 3.20. The van der Waals surface area contributed by atoms with Gasteiger partial charge in [0.2, 0.25) is 0 Å². The molecule has 0 bridgehead atoms. The van der Waals surface area contributed by atoms with Gasteiger partial charge in [-0.2, -0.15) is 5.10 Å². The highest BCUT2D eigenvalue weighted by atomic mass is 35.5. The Morgan fingerprint density at radius 2 is 2.06 bits per heavy atom. The number of aromatic nitrogens is 2. The minimum atomic E-state index is -0.535. The lowest BCUT2D eigenvalue weighted by atomic mass is 10.1. The van der Waals surface area contributed by atoms with Gasteiger partial charge in [0.1, 0.15) is 0 Å². The summed E-state index contributed by atoms with van der Waals surface area (Å²) in [6.07, 6.45) is 2.75. The van der Waals surface area contributed by atoms with Gasteiger partial charge in [-0.3, -0.25) is 4.68 Å². The van der Waals surface area contributed by atoms with Crippen LogP contribution in [0.2, 0.25) is 5.02 Å². The summed E-state index contributed by atoms with van der Waals surface area (Å²) in [5.74, 6) is 0. The first-order valence-electron chi connectivity index (χ1n) is 6.75. The molecule has 1 aromatic heterocycles. The maximum absolute atomic E-state index is 10.3. The Morgan fingerprint density at radius 1 is 1.39 bits per heavy atom. The molecule has 0 aliphatic heterocycles. The lowest BCUT2D eigenvalue weighted by Gasteiger charge is -2.20. The Hall–Kier alpha value is -0.580. The molecule has 1 heterocycles. The van der Waals surface area contributed by atoms with Gasteiger partial charge in [-0.15, -0.1) is 0 Å². The Kier molecular flexibility index (Phi) is 6.68. The van der Waals surface area contributed by atoms with Crippen LogP contribution in [0.15, 0.2) is 6.20 Å². The molecule has 0 saturated heterocycles. The summed E-state index contributed by atoms with van der Waals surface area (Å²) in [4.78, 5) is 2.29. The molecule has 1 rings (SSSR count). The third-order valence-corrected chi connectivity index (χ3v) is 3.49. The van der Waals surface area contributed by atoms with Gasteiger partial charge in [0.25, 0.3) is 0 Å². The summed E-state index contributed by atoms with van der Waals surface area (Å²) in [6.45, 7) is 10.0. The zero-order valence-corrected chi connectivity index (χ0v) is 12.3. The van der Waals surface area contributed by atoms with Crippen molar-refractivity contribution in [3.63, 3.8) is 0 Å². The highest BCUT2D eigenvalue weighted by Crippen LogP contribution is 2.25. The molecule has 1 atom stereocenters. The van der Waals surface area contributed by atoms with Crippen LogP contribution >= 0.6 is 11.6 Å². The lowest BCUT2D eigenvalue weighted by Crippen LogP contribution is -2.25. The van der Waals surface area contributed by atoms with Gasteiger partial charge in [0.15, 0.2) is 0 Å². The fourth-order valence-corrected chi connectivity index (χ4v) is 2.34. The summed E-state index contributed by atoms with van der Waals surface area (Å²) < 4.78 is 1.81. The molecule has 0 fully saturated rings. The van der Waals surface area contributed by atoms with E-state index in [1.54, 1.807) is 6.20 Å². The van der Waals surface area contributed by atoms with E-state index in [0.29, 0.717) is 11.4 Å². The zero-order chi connectivity index (χ0) is 13.5. The van der Waals surface area contributed by atoms with E-state index in [0.717, 1.165) is 38.3 Å². The normalized spacial score (nSPS) is 13.2. The number of hydrogen-bond donors (Lipinski definition) is 1. The van der Waals surface area contributed by atoms with Crippen LogP contribution < -0.4 is 0 Å². The van der Waals surface area contributed by atoms with Crippen molar-refractivity contribution in [3.8, 4) is 0 Å². The quantitative estimate of drug-likeness (QED) is 0.792. The van der Waals surface area contributed by atoms with Crippen molar-refractivity contribution in [1.29, 1.82) is 0 Å². The molecule has 5 heteroatoms. The topological polar surface area (TPSA) is 41.3 Å². The molecule has 18 heavy (non-hydrogen) atoms. The van der Waals surface area contributed by atoms with Gasteiger partial charge in [-0.05, 0) is 25.9 Å². The van der Waals surface area contributed by atoms with E-state index >= 15 is 0 Å². The first-order chi connectivity index (χ1) is 8.63. The summed E-state index contributed by atoms with van der Waals surface area (Å²) in [7, 11) is 0. The second kappa shape index (κ2) is 7.77. The van der Waals surface area contributed by atoms with Crippen LogP contribution in [-0.4, -0.2) is 39.4 Å². The van der Waals surface area contributed by atoms with Crippen molar-refractivity contribution in [2.75, 3.05) is 19.6 Å². The second-order valence-corrected chi connectivity index (χ2v) is 4.84. The molecular formula is C13H24ClN3O. The summed E-state index contributed by atoms with van der Waals surface area (Å²) in [6, 6.07) is 0. The first-order valence-corrected chi connectivity index (χ1v) is 7.13. The first kappa shape index (κ1) is 15.5. The van der Waals surface area contributed by atoms with E-state index in [9.17, 15) is 5.11 Å². The monoisotopic (exact) mass is 273 g/mol. The zero-order valence-electron chi connectivity index (χ0n) is 11.6. The SMILES string of the molecule is CCCn1ncc(Cl)c1C(O)CCN(CC)CC. The van der Waals surface area contributed by atoms with Gasteiger partial charge in [0.05, 0.1) is 23.0 Å². The Labute approximate surface area is 115 Å². The standard InChI is InChI=1S/C13H24ClN3O/c1-4-8-17-13(11(14)10-15-17)12(18)7-9-16(5-2)6-3/h10,12,18H,4-9H2,1-3H3. The predicted molar refractivity (Wildman–Crippen MR) is 74.9 cm³/mol. The number of hydrogen-bond acceptors (Lipinski definition) is 3. The van der Waals surface area contributed by atoms with E-state index in [4.69, 9.17) is 11.6 Å². The van der Waals surface area contributed by atoms with Crippen LogP contribution in [0, 0.1) is 0 Å². The minimum Gasteiger partial charge on any atom is -0.387 e. The lowest BCUT2D eigenvalue weighted by molar-refractivity contribution is 0.136. The van der Waals surface area contributed by atoms with Crippen molar-refractivity contribution >= 4 is 11.6 Å².